The lowest BCUT2D eigenvalue weighted by atomic mass is 10.1. The number of thioether (sulfide) groups is 1. The smallest absolute Gasteiger partial charge is 0.335 e. The molecule has 0 atom stereocenters. The summed E-state index contributed by atoms with van der Waals surface area (Å²) in [7, 11) is 0. The van der Waals surface area contributed by atoms with Crippen LogP contribution in [0.3, 0.4) is 0 Å². The van der Waals surface area contributed by atoms with Crippen molar-refractivity contribution in [2.75, 3.05) is 24.6 Å². The lowest BCUT2D eigenvalue weighted by Crippen LogP contribution is -2.44. The number of nitrogens with one attached hydrogen (secondary N) is 1. The number of benzene rings is 1. The molecule has 19 heavy (non-hydrogen) atoms. The number of carboxylic acid groups (broad SMARTS) is 1. The van der Waals surface area contributed by atoms with E-state index in [0.29, 0.717) is 6.54 Å². The number of hydrogen-bond acceptors (Lipinski definition) is 3. The number of amides is 2. The normalized spacial score (nSPS) is 15.1. The molecule has 1 fully saturated rings. The van der Waals surface area contributed by atoms with Gasteiger partial charge < -0.3 is 15.3 Å². The van der Waals surface area contributed by atoms with E-state index in [9.17, 15) is 9.59 Å². The molecule has 2 rings (SSSR count). The highest BCUT2D eigenvalue weighted by atomic mass is 32.2. The van der Waals surface area contributed by atoms with Gasteiger partial charge in [0, 0.05) is 31.1 Å². The van der Waals surface area contributed by atoms with E-state index in [2.05, 4.69) is 5.32 Å². The van der Waals surface area contributed by atoms with Gasteiger partial charge in [-0.15, -0.1) is 0 Å². The van der Waals surface area contributed by atoms with Gasteiger partial charge in [0.05, 0.1) is 5.56 Å². The topological polar surface area (TPSA) is 69.6 Å². The van der Waals surface area contributed by atoms with Crippen molar-refractivity contribution in [1.29, 1.82) is 0 Å². The van der Waals surface area contributed by atoms with Crippen LogP contribution >= 0.6 is 11.8 Å². The molecule has 2 N–H and O–H groups in total. The third kappa shape index (κ3) is 3.89. The first-order valence-electron chi connectivity index (χ1n) is 6.09. The molecular weight excluding hydrogens is 264 g/mol. The van der Waals surface area contributed by atoms with Crippen molar-refractivity contribution in [2.45, 2.75) is 6.54 Å². The van der Waals surface area contributed by atoms with Gasteiger partial charge in [0.2, 0.25) is 0 Å². The fourth-order valence-corrected chi connectivity index (χ4v) is 2.72. The summed E-state index contributed by atoms with van der Waals surface area (Å²) in [5.74, 6) is 1.03. The van der Waals surface area contributed by atoms with E-state index in [0.717, 1.165) is 30.2 Å². The predicted molar refractivity (Wildman–Crippen MR) is 74.5 cm³/mol. The van der Waals surface area contributed by atoms with E-state index in [4.69, 9.17) is 5.11 Å². The molecule has 1 aliphatic heterocycles. The van der Waals surface area contributed by atoms with Crippen molar-refractivity contribution in [3.05, 3.63) is 35.4 Å². The van der Waals surface area contributed by atoms with Crippen LogP contribution in [-0.2, 0) is 6.54 Å². The molecule has 0 spiro atoms. The van der Waals surface area contributed by atoms with Crippen LogP contribution in [0.15, 0.2) is 24.3 Å². The van der Waals surface area contributed by atoms with Crippen LogP contribution in [-0.4, -0.2) is 46.6 Å². The van der Waals surface area contributed by atoms with Gasteiger partial charge in [-0.2, -0.15) is 11.8 Å². The SMILES string of the molecule is O=C(O)c1ccc(CNC(=O)N2CCSCC2)cc1. The Bertz CT molecular complexity index is 455. The van der Waals surface area contributed by atoms with Crippen LogP contribution in [0.5, 0.6) is 0 Å². The summed E-state index contributed by atoms with van der Waals surface area (Å²) in [5.41, 5.74) is 1.15. The molecule has 2 amide bonds. The summed E-state index contributed by atoms with van der Waals surface area (Å²) in [6.07, 6.45) is 0. The summed E-state index contributed by atoms with van der Waals surface area (Å²) in [6.45, 7) is 1.99. The molecular formula is C13H16N2O3S. The van der Waals surface area contributed by atoms with Gasteiger partial charge in [-0.3, -0.25) is 0 Å². The lowest BCUT2D eigenvalue weighted by molar-refractivity contribution is 0.0697. The number of nitrogens with zero attached hydrogens (tertiary/aromatic N) is 1. The zero-order valence-electron chi connectivity index (χ0n) is 10.5. The molecule has 0 saturated carbocycles. The molecule has 5 nitrogen and oxygen atoms in total. The maximum absolute atomic E-state index is 11.9. The maximum Gasteiger partial charge on any atom is 0.335 e. The fourth-order valence-electron chi connectivity index (χ4n) is 1.82. The van der Waals surface area contributed by atoms with Crippen molar-refractivity contribution in [2.24, 2.45) is 0 Å². The monoisotopic (exact) mass is 280 g/mol. The van der Waals surface area contributed by atoms with E-state index >= 15 is 0 Å². The van der Waals surface area contributed by atoms with Gasteiger partial charge in [0.25, 0.3) is 0 Å². The van der Waals surface area contributed by atoms with Gasteiger partial charge in [-0.25, -0.2) is 9.59 Å². The van der Waals surface area contributed by atoms with Crippen molar-refractivity contribution < 1.29 is 14.7 Å². The highest BCUT2D eigenvalue weighted by molar-refractivity contribution is 7.99. The number of carboxylic acids is 1. The number of carbonyl (C=O) groups is 2. The number of hydrogen-bond donors (Lipinski definition) is 2. The van der Waals surface area contributed by atoms with E-state index in [1.54, 1.807) is 24.3 Å². The highest BCUT2D eigenvalue weighted by Crippen LogP contribution is 2.09. The summed E-state index contributed by atoms with van der Waals surface area (Å²) in [6, 6.07) is 6.47. The van der Waals surface area contributed by atoms with E-state index < -0.39 is 5.97 Å². The third-order valence-electron chi connectivity index (χ3n) is 2.94. The van der Waals surface area contributed by atoms with Gasteiger partial charge in [-0.05, 0) is 17.7 Å². The minimum Gasteiger partial charge on any atom is -0.478 e. The Morgan fingerprint density at radius 1 is 1.21 bits per heavy atom. The van der Waals surface area contributed by atoms with Crippen LogP contribution in [0.2, 0.25) is 0 Å². The quantitative estimate of drug-likeness (QED) is 0.883. The Morgan fingerprint density at radius 2 is 1.84 bits per heavy atom. The molecule has 0 unspecified atom stereocenters. The van der Waals surface area contributed by atoms with Crippen LogP contribution < -0.4 is 5.32 Å². The molecule has 6 heteroatoms. The van der Waals surface area contributed by atoms with Crippen molar-refractivity contribution >= 4 is 23.8 Å². The van der Waals surface area contributed by atoms with Gasteiger partial charge in [-0.1, -0.05) is 12.1 Å². The second-order valence-electron chi connectivity index (χ2n) is 4.26. The van der Waals surface area contributed by atoms with Gasteiger partial charge in [0.1, 0.15) is 0 Å². The number of urea groups is 1. The second-order valence-corrected chi connectivity index (χ2v) is 5.48. The highest BCUT2D eigenvalue weighted by Gasteiger charge is 2.15. The second kappa shape index (κ2) is 6.47. The minimum atomic E-state index is -0.943. The average molecular weight is 280 g/mol. The molecule has 1 aliphatic rings. The Morgan fingerprint density at radius 3 is 2.42 bits per heavy atom. The van der Waals surface area contributed by atoms with Crippen molar-refractivity contribution in [1.82, 2.24) is 10.2 Å². The predicted octanol–water partition coefficient (Wildman–Crippen LogP) is 1.64. The van der Waals surface area contributed by atoms with E-state index in [-0.39, 0.29) is 11.6 Å². The molecule has 0 bridgehead atoms. The molecule has 0 radical (unpaired) electrons. The zero-order chi connectivity index (χ0) is 13.7. The third-order valence-corrected chi connectivity index (χ3v) is 3.89. The van der Waals surface area contributed by atoms with Gasteiger partial charge >= 0.3 is 12.0 Å². The van der Waals surface area contributed by atoms with Crippen LogP contribution in [0, 0.1) is 0 Å². The van der Waals surface area contributed by atoms with Crippen molar-refractivity contribution in [3.8, 4) is 0 Å². The Hall–Kier alpha value is -1.69. The summed E-state index contributed by atoms with van der Waals surface area (Å²) in [5, 5.41) is 11.6. The van der Waals surface area contributed by atoms with Crippen molar-refractivity contribution in [3.63, 3.8) is 0 Å². The first kappa shape index (κ1) is 13.7. The van der Waals surface area contributed by atoms with Crippen LogP contribution in [0.1, 0.15) is 15.9 Å². The number of aromatic carboxylic acids is 1. The van der Waals surface area contributed by atoms with Crippen LogP contribution in [0.4, 0.5) is 4.79 Å². The summed E-state index contributed by atoms with van der Waals surface area (Å²) in [4.78, 5) is 24.4. The molecule has 1 aromatic rings. The standard InChI is InChI=1S/C13H16N2O3S/c16-12(17)11-3-1-10(2-4-11)9-14-13(18)15-5-7-19-8-6-15/h1-4H,5-9H2,(H,14,18)(H,16,17). The first-order valence-corrected chi connectivity index (χ1v) is 7.25. The lowest BCUT2D eigenvalue weighted by Gasteiger charge is -2.26. The molecule has 1 saturated heterocycles. The number of carbonyl (C=O) groups excluding carboxylic acids is 1. The Kier molecular flexibility index (Phi) is 4.68. The molecule has 0 aromatic heterocycles. The minimum absolute atomic E-state index is 0.0531. The fraction of sp³-hybridized carbons (Fsp3) is 0.385. The summed E-state index contributed by atoms with van der Waals surface area (Å²) >= 11 is 1.86. The molecule has 1 aromatic carbocycles. The maximum atomic E-state index is 11.9. The zero-order valence-corrected chi connectivity index (χ0v) is 11.3. The average Bonchev–Trinajstić information content (AvgIpc) is 2.46. The van der Waals surface area contributed by atoms with E-state index in [1.807, 2.05) is 16.7 Å². The van der Waals surface area contributed by atoms with Gasteiger partial charge in [0.15, 0.2) is 0 Å². The summed E-state index contributed by atoms with van der Waals surface area (Å²) < 4.78 is 0. The number of rotatable bonds is 3. The Balaban J connectivity index is 1.84. The molecule has 1 heterocycles. The van der Waals surface area contributed by atoms with Crippen LogP contribution in [0.25, 0.3) is 0 Å². The first-order chi connectivity index (χ1) is 9.16. The Labute approximate surface area is 116 Å². The molecule has 102 valence electrons. The molecule has 0 aliphatic carbocycles. The largest absolute Gasteiger partial charge is 0.478 e. The van der Waals surface area contributed by atoms with E-state index in [1.165, 1.54) is 0 Å².